The van der Waals surface area contributed by atoms with Crippen LogP contribution in [0.1, 0.15) is 41.5 Å². The summed E-state index contributed by atoms with van der Waals surface area (Å²) in [5.74, 6) is 1.05. The van der Waals surface area contributed by atoms with Gasteiger partial charge in [0.15, 0.2) is 0 Å². The van der Waals surface area contributed by atoms with Crippen LogP contribution in [0.5, 0.6) is 5.75 Å². The van der Waals surface area contributed by atoms with Crippen molar-refractivity contribution >= 4 is 24.9 Å². The Morgan fingerprint density at radius 3 is 2.33 bits per heavy atom. The molecule has 3 heteroatoms. The summed E-state index contributed by atoms with van der Waals surface area (Å²) in [4.78, 5) is 2.59. The second-order valence-corrected chi connectivity index (χ2v) is 9.75. The average Bonchev–Trinajstić information content (AvgIpc) is 2.75. The highest BCUT2D eigenvalue weighted by molar-refractivity contribution is 7.56. The van der Waals surface area contributed by atoms with Crippen LogP contribution in [-0.2, 0) is 6.61 Å². The van der Waals surface area contributed by atoms with E-state index in [-0.39, 0.29) is 0 Å². The Labute approximate surface area is 183 Å². The fourth-order valence-electron chi connectivity index (χ4n) is 4.26. The number of hydrogen-bond acceptors (Lipinski definition) is 2. The van der Waals surface area contributed by atoms with E-state index in [1.165, 1.54) is 70.9 Å². The molecule has 0 saturated carbocycles. The lowest BCUT2D eigenvalue weighted by Crippen LogP contribution is -2.32. The molecule has 3 aromatic rings. The first-order valence-electron chi connectivity index (χ1n) is 11.0. The largest absolute Gasteiger partial charge is 0.488 e. The van der Waals surface area contributed by atoms with Gasteiger partial charge in [-0.1, -0.05) is 57.1 Å². The van der Waals surface area contributed by atoms with E-state index in [0.29, 0.717) is 15.2 Å². The Balaban J connectivity index is 1.64. The Morgan fingerprint density at radius 1 is 0.800 bits per heavy atom. The highest BCUT2D eigenvalue weighted by Crippen LogP contribution is 2.30. The minimum atomic E-state index is 0.589. The first-order valence-corrected chi connectivity index (χ1v) is 12.0. The summed E-state index contributed by atoms with van der Waals surface area (Å²) in [6, 6.07) is 21.9. The maximum atomic E-state index is 6.38. The number of piperidine rings is 1. The number of hydrogen-bond donors (Lipinski definition) is 0. The van der Waals surface area contributed by atoms with E-state index < -0.39 is 0 Å². The van der Waals surface area contributed by atoms with Crippen molar-refractivity contribution in [2.45, 2.75) is 46.6 Å². The zero-order valence-electron chi connectivity index (χ0n) is 18.4. The van der Waals surface area contributed by atoms with Gasteiger partial charge in [0.05, 0.1) is 0 Å². The van der Waals surface area contributed by atoms with Crippen LogP contribution in [0.2, 0.25) is 0 Å². The lowest BCUT2D eigenvalue weighted by molar-refractivity contribution is 0.307. The van der Waals surface area contributed by atoms with Gasteiger partial charge in [0, 0.05) is 29.4 Å². The van der Waals surface area contributed by atoms with Crippen molar-refractivity contribution in [1.82, 2.24) is 0 Å². The predicted octanol–water partition coefficient (Wildman–Crippen LogP) is 5.81. The van der Waals surface area contributed by atoms with Crippen LogP contribution in [0.4, 0.5) is 5.69 Å². The molecule has 0 spiro atoms. The van der Waals surface area contributed by atoms with Gasteiger partial charge in [-0.15, -0.1) is 0 Å². The van der Waals surface area contributed by atoms with E-state index in [9.17, 15) is 0 Å². The van der Waals surface area contributed by atoms with E-state index in [1.54, 1.807) is 0 Å². The van der Waals surface area contributed by atoms with Gasteiger partial charge in [-0.25, -0.2) is 0 Å². The molecule has 1 atom stereocenters. The van der Waals surface area contributed by atoms with Crippen molar-refractivity contribution < 1.29 is 4.74 Å². The quantitative estimate of drug-likeness (QED) is 0.469. The Bertz CT molecular complexity index is 993. The third-order valence-electron chi connectivity index (χ3n) is 5.76. The third-order valence-corrected chi connectivity index (χ3v) is 7.10. The number of anilines is 1. The summed E-state index contributed by atoms with van der Waals surface area (Å²) in [6.07, 6.45) is 3.95. The molecule has 4 rings (SSSR count). The zero-order valence-corrected chi connectivity index (χ0v) is 19.4. The third kappa shape index (κ3) is 5.05. The van der Waals surface area contributed by atoms with Crippen LogP contribution in [0, 0.1) is 20.8 Å². The van der Waals surface area contributed by atoms with Gasteiger partial charge in [0.1, 0.15) is 12.4 Å². The van der Waals surface area contributed by atoms with E-state index in [1.807, 2.05) is 6.07 Å². The van der Waals surface area contributed by atoms with Crippen molar-refractivity contribution in [3.8, 4) is 5.75 Å². The number of benzene rings is 3. The molecular formula is C27H32NOP. The van der Waals surface area contributed by atoms with Gasteiger partial charge < -0.3 is 9.64 Å². The molecule has 3 aromatic carbocycles. The standard InChI is InChI=1S/C27H32NOP/c1-20-12-13-25(24(17-20)28-14-8-5-9-15-28)30-26-18-21(2)16-22(3)27(26)29-19-23-10-6-4-7-11-23/h4,6-7,10-13,16-18,30H,5,8-9,14-15,19H2,1-3H3. The summed E-state index contributed by atoms with van der Waals surface area (Å²) in [6.45, 7) is 9.50. The second kappa shape index (κ2) is 9.67. The van der Waals surface area contributed by atoms with Crippen LogP contribution >= 0.6 is 8.58 Å². The molecule has 0 radical (unpaired) electrons. The SMILES string of the molecule is Cc1cc(C)c(OCc2ccccc2)c(Pc2ccc(C)cc2N2CCCCC2)c1. The van der Waals surface area contributed by atoms with Gasteiger partial charge >= 0.3 is 0 Å². The van der Waals surface area contributed by atoms with Crippen LogP contribution in [0.3, 0.4) is 0 Å². The number of ether oxygens (including phenoxy) is 1. The molecule has 1 unspecified atom stereocenters. The molecule has 2 nitrogen and oxygen atoms in total. The van der Waals surface area contributed by atoms with Gasteiger partial charge in [-0.05, 0) is 74.4 Å². The first-order chi connectivity index (χ1) is 14.6. The highest BCUT2D eigenvalue weighted by Gasteiger charge is 2.17. The van der Waals surface area contributed by atoms with Gasteiger partial charge in [-0.2, -0.15) is 0 Å². The van der Waals surface area contributed by atoms with Gasteiger partial charge in [-0.3, -0.25) is 0 Å². The minimum absolute atomic E-state index is 0.589. The summed E-state index contributed by atoms with van der Waals surface area (Å²) in [7, 11) is 0.589. The summed E-state index contributed by atoms with van der Waals surface area (Å²) in [5.41, 5.74) is 6.48. The van der Waals surface area contributed by atoms with E-state index in [0.717, 1.165) is 5.75 Å². The Morgan fingerprint density at radius 2 is 1.57 bits per heavy atom. The summed E-state index contributed by atoms with van der Waals surface area (Å²) < 4.78 is 6.38. The van der Waals surface area contributed by atoms with Crippen LogP contribution in [-0.4, -0.2) is 13.1 Å². The maximum absolute atomic E-state index is 6.38. The molecule has 156 valence electrons. The maximum Gasteiger partial charge on any atom is 0.130 e. The first kappa shape index (κ1) is 20.9. The molecule has 0 N–H and O–H groups in total. The van der Waals surface area contributed by atoms with Gasteiger partial charge in [0.25, 0.3) is 0 Å². The molecule has 1 saturated heterocycles. The topological polar surface area (TPSA) is 12.5 Å². The van der Waals surface area contributed by atoms with E-state index in [2.05, 4.69) is 80.3 Å². The fraction of sp³-hybridized carbons (Fsp3) is 0.333. The van der Waals surface area contributed by atoms with Crippen molar-refractivity contribution in [2.75, 3.05) is 18.0 Å². The zero-order chi connectivity index (χ0) is 20.9. The monoisotopic (exact) mass is 417 g/mol. The molecular weight excluding hydrogens is 385 g/mol. The lowest BCUT2D eigenvalue weighted by Gasteiger charge is -2.31. The minimum Gasteiger partial charge on any atom is -0.488 e. The van der Waals surface area contributed by atoms with Crippen molar-refractivity contribution in [3.05, 3.63) is 82.9 Å². The summed E-state index contributed by atoms with van der Waals surface area (Å²) in [5, 5.41) is 2.74. The van der Waals surface area contributed by atoms with E-state index in [4.69, 9.17) is 4.74 Å². The molecule has 1 fully saturated rings. The number of aryl methyl sites for hydroxylation is 3. The molecule has 1 aliphatic heterocycles. The Hall–Kier alpha value is -2.31. The van der Waals surface area contributed by atoms with Crippen LogP contribution in [0.15, 0.2) is 60.7 Å². The molecule has 1 heterocycles. The molecule has 0 aromatic heterocycles. The molecule has 0 bridgehead atoms. The van der Waals surface area contributed by atoms with Crippen molar-refractivity contribution in [1.29, 1.82) is 0 Å². The predicted molar refractivity (Wildman–Crippen MR) is 132 cm³/mol. The molecule has 1 aliphatic rings. The molecule has 0 amide bonds. The number of nitrogens with zero attached hydrogens (tertiary/aromatic N) is 1. The normalized spacial score (nSPS) is 14.4. The van der Waals surface area contributed by atoms with Gasteiger partial charge in [0.2, 0.25) is 0 Å². The Kier molecular flexibility index (Phi) is 6.75. The highest BCUT2D eigenvalue weighted by atomic mass is 31.1. The van der Waals surface area contributed by atoms with Crippen LogP contribution < -0.4 is 20.2 Å². The lowest BCUT2D eigenvalue weighted by atomic mass is 10.1. The average molecular weight is 418 g/mol. The smallest absolute Gasteiger partial charge is 0.130 e. The van der Waals surface area contributed by atoms with E-state index >= 15 is 0 Å². The fourth-order valence-corrected chi connectivity index (χ4v) is 5.76. The van der Waals surface area contributed by atoms with Crippen LogP contribution in [0.25, 0.3) is 0 Å². The van der Waals surface area contributed by atoms with Crippen molar-refractivity contribution in [2.24, 2.45) is 0 Å². The van der Waals surface area contributed by atoms with Crippen molar-refractivity contribution in [3.63, 3.8) is 0 Å². The second-order valence-electron chi connectivity index (χ2n) is 8.43. The molecule has 0 aliphatic carbocycles. The molecule has 30 heavy (non-hydrogen) atoms. The number of rotatable bonds is 6. The summed E-state index contributed by atoms with van der Waals surface area (Å²) >= 11 is 0.